The van der Waals surface area contributed by atoms with Crippen LogP contribution in [0.3, 0.4) is 0 Å². The van der Waals surface area contributed by atoms with Gasteiger partial charge in [-0.25, -0.2) is 0 Å². The molecule has 0 unspecified atom stereocenters. The normalized spacial score (nSPS) is 10.0. The zero-order chi connectivity index (χ0) is 4.99. The molecular formula is C3H5FI2. The first-order valence-electron chi connectivity index (χ1n) is 1.61. The van der Waals surface area contributed by atoms with E-state index in [-0.39, 0.29) is 6.67 Å². The van der Waals surface area contributed by atoms with Crippen molar-refractivity contribution < 1.29 is 4.39 Å². The van der Waals surface area contributed by atoms with Gasteiger partial charge in [-0.2, -0.15) is 0 Å². The molecule has 0 rings (SSSR count). The van der Waals surface area contributed by atoms with Gasteiger partial charge in [-0.1, -0.05) is 45.2 Å². The lowest BCUT2D eigenvalue weighted by Gasteiger charge is -1.89. The Balaban J connectivity index is 2.63. The van der Waals surface area contributed by atoms with Gasteiger partial charge in [-0.05, 0) is 6.42 Å². The van der Waals surface area contributed by atoms with E-state index in [9.17, 15) is 4.39 Å². The molecule has 0 aromatic carbocycles. The zero-order valence-electron chi connectivity index (χ0n) is 3.13. The zero-order valence-corrected chi connectivity index (χ0v) is 7.44. The molecule has 6 heavy (non-hydrogen) atoms. The molecule has 0 bridgehead atoms. The lowest BCUT2D eigenvalue weighted by Crippen LogP contribution is -1.83. The molecule has 0 radical (unpaired) electrons. The highest BCUT2D eigenvalue weighted by Gasteiger charge is 1.92. The molecule has 0 aromatic heterocycles. The highest BCUT2D eigenvalue weighted by Crippen LogP contribution is 2.13. The largest absolute Gasteiger partial charge is 0.251 e. The van der Waals surface area contributed by atoms with Crippen LogP contribution in [0, 0.1) is 0 Å². The van der Waals surface area contributed by atoms with Crippen LogP contribution < -0.4 is 0 Å². The maximum atomic E-state index is 11.2. The van der Waals surface area contributed by atoms with Gasteiger partial charge in [0.25, 0.3) is 0 Å². The molecule has 0 fully saturated rings. The molecule has 0 aliphatic heterocycles. The van der Waals surface area contributed by atoms with Gasteiger partial charge in [0.1, 0.15) is 0 Å². The van der Waals surface area contributed by atoms with Gasteiger partial charge in [-0.15, -0.1) is 0 Å². The van der Waals surface area contributed by atoms with Crippen LogP contribution in [0.5, 0.6) is 0 Å². The van der Waals surface area contributed by atoms with E-state index in [1.807, 2.05) is 0 Å². The number of rotatable bonds is 2. The van der Waals surface area contributed by atoms with E-state index in [1.54, 1.807) is 0 Å². The molecule has 0 aliphatic carbocycles. The first kappa shape index (κ1) is 7.39. The number of hydrogen-bond donors (Lipinski definition) is 0. The summed E-state index contributed by atoms with van der Waals surface area (Å²) in [5, 5.41) is 0. The second-order valence-corrected chi connectivity index (χ2v) is 6.26. The van der Waals surface area contributed by atoms with Crippen molar-refractivity contribution in [1.29, 1.82) is 0 Å². The summed E-state index contributed by atoms with van der Waals surface area (Å²) in [6.07, 6.45) is 0.682. The van der Waals surface area contributed by atoms with Crippen LogP contribution in [-0.2, 0) is 0 Å². The lowest BCUT2D eigenvalue weighted by atomic mass is 10.6. The average Bonchev–Trinajstić information content (AvgIpc) is 1.35. The minimum Gasteiger partial charge on any atom is -0.251 e. The number of halogens is 3. The molecule has 0 aliphatic rings. The van der Waals surface area contributed by atoms with Gasteiger partial charge in [0.2, 0.25) is 0 Å². The summed E-state index contributed by atoms with van der Waals surface area (Å²) in [4.78, 5) is 0. The summed E-state index contributed by atoms with van der Waals surface area (Å²) in [6, 6.07) is 0. The van der Waals surface area contributed by atoms with Crippen molar-refractivity contribution in [2.45, 2.75) is 8.35 Å². The van der Waals surface area contributed by atoms with E-state index in [1.165, 1.54) is 0 Å². The van der Waals surface area contributed by atoms with E-state index in [0.29, 0.717) is 8.35 Å². The van der Waals surface area contributed by atoms with Crippen molar-refractivity contribution in [3.63, 3.8) is 0 Å². The standard InChI is InChI=1S/C3H5FI2/c4-2-1-3(5)6/h3H,1-2H2. The maximum Gasteiger partial charge on any atom is 0.0911 e. The van der Waals surface area contributed by atoms with Crippen LogP contribution in [0.2, 0.25) is 0 Å². The van der Waals surface area contributed by atoms with Gasteiger partial charge in [-0.3, -0.25) is 4.39 Å². The SMILES string of the molecule is FCCC(I)I. The van der Waals surface area contributed by atoms with E-state index in [0.717, 1.165) is 0 Å². The van der Waals surface area contributed by atoms with Crippen LogP contribution in [0.1, 0.15) is 6.42 Å². The third-order valence-corrected chi connectivity index (χ3v) is 1.57. The molecule has 0 spiro atoms. The van der Waals surface area contributed by atoms with Crippen molar-refractivity contribution in [2.24, 2.45) is 0 Å². The first-order valence-corrected chi connectivity index (χ1v) is 4.10. The Morgan fingerprint density at radius 1 is 1.50 bits per heavy atom. The summed E-state index contributed by atoms with van der Waals surface area (Å²) < 4.78 is 11.7. The summed E-state index contributed by atoms with van der Waals surface area (Å²) >= 11 is 4.38. The Bertz CT molecular complexity index is 30.0. The molecule has 0 heterocycles. The minimum atomic E-state index is -0.184. The Hall–Kier alpha value is 1.39. The second kappa shape index (κ2) is 4.55. The first-order chi connectivity index (χ1) is 2.77. The van der Waals surface area contributed by atoms with Crippen molar-refractivity contribution in [3.8, 4) is 0 Å². The van der Waals surface area contributed by atoms with E-state index >= 15 is 0 Å². The van der Waals surface area contributed by atoms with Gasteiger partial charge >= 0.3 is 0 Å². The van der Waals surface area contributed by atoms with Gasteiger partial charge in [0.05, 0.1) is 8.61 Å². The molecule has 0 atom stereocenters. The molecule has 0 saturated carbocycles. The molecule has 0 aromatic rings. The fraction of sp³-hybridized carbons (Fsp3) is 1.00. The predicted octanol–water partition coefficient (Wildman–Crippen LogP) is 2.54. The van der Waals surface area contributed by atoms with Crippen LogP contribution >= 0.6 is 45.2 Å². The quantitative estimate of drug-likeness (QED) is 0.543. The van der Waals surface area contributed by atoms with Gasteiger partial charge in [0, 0.05) is 0 Å². The van der Waals surface area contributed by atoms with Crippen LogP contribution in [0.25, 0.3) is 0 Å². The molecule has 0 N–H and O–H groups in total. The Morgan fingerprint density at radius 2 is 2.00 bits per heavy atom. The highest BCUT2D eigenvalue weighted by atomic mass is 127. The van der Waals surface area contributed by atoms with E-state index in [4.69, 9.17) is 0 Å². The van der Waals surface area contributed by atoms with E-state index in [2.05, 4.69) is 45.2 Å². The third-order valence-electron chi connectivity index (χ3n) is 0.327. The van der Waals surface area contributed by atoms with Crippen molar-refractivity contribution >= 4 is 45.2 Å². The molecular weight excluding hydrogens is 309 g/mol. The summed E-state index contributed by atoms with van der Waals surface area (Å²) in [5.74, 6) is 0. The smallest absolute Gasteiger partial charge is 0.0911 e. The Labute approximate surface area is 64.2 Å². The van der Waals surface area contributed by atoms with Gasteiger partial charge in [0.15, 0.2) is 0 Å². The number of alkyl halides is 3. The molecule has 0 saturated heterocycles. The third kappa shape index (κ3) is 5.39. The van der Waals surface area contributed by atoms with Crippen molar-refractivity contribution in [2.75, 3.05) is 6.67 Å². The molecule has 0 nitrogen and oxygen atoms in total. The molecule has 3 heteroatoms. The van der Waals surface area contributed by atoms with E-state index < -0.39 is 0 Å². The predicted molar refractivity (Wildman–Crippen MR) is 42.4 cm³/mol. The Morgan fingerprint density at radius 3 is 2.00 bits per heavy atom. The second-order valence-electron chi connectivity index (χ2n) is 0.869. The number of hydrogen-bond acceptors (Lipinski definition) is 0. The highest BCUT2D eigenvalue weighted by molar-refractivity contribution is 14.2. The lowest BCUT2D eigenvalue weighted by molar-refractivity contribution is 0.489. The average molecular weight is 314 g/mol. The van der Waals surface area contributed by atoms with Crippen LogP contribution in [-0.4, -0.2) is 8.61 Å². The maximum absolute atomic E-state index is 11.2. The van der Waals surface area contributed by atoms with Gasteiger partial charge < -0.3 is 0 Å². The molecule has 38 valence electrons. The monoisotopic (exact) mass is 314 g/mol. The minimum absolute atomic E-state index is 0.184. The van der Waals surface area contributed by atoms with Crippen LogP contribution in [0.15, 0.2) is 0 Å². The topological polar surface area (TPSA) is 0 Å². The Kier molecular flexibility index (Phi) is 5.60. The molecule has 0 amide bonds. The fourth-order valence-corrected chi connectivity index (χ4v) is 0.553. The van der Waals surface area contributed by atoms with Crippen molar-refractivity contribution in [3.05, 3.63) is 0 Å². The van der Waals surface area contributed by atoms with Crippen LogP contribution in [0.4, 0.5) is 4.39 Å². The summed E-state index contributed by atoms with van der Waals surface area (Å²) in [7, 11) is 0. The summed E-state index contributed by atoms with van der Waals surface area (Å²) in [6.45, 7) is -0.184. The fourth-order valence-electron chi connectivity index (χ4n) is 0.0825. The van der Waals surface area contributed by atoms with Crippen molar-refractivity contribution in [1.82, 2.24) is 0 Å². The summed E-state index contributed by atoms with van der Waals surface area (Å²) in [5.41, 5.74) is 0.